The molecule has 2 rings (SSSR count). The predicted molar refractivity (Wildman–Crippen MR) is 52.8 cm³/mol. The lowest BCUT2D eigenvalue weighted by molar-refractivity contribution is 0.175. The Bertz CT molecular complexity index is 299. The van der Waals surface area contributed by atoms with Crippen molar-refractivity contribution in [3.63, 3.8) is 0 Å². The lowest BCUT2D eigenvalue weighted by Gasteiger charge is -2.24. The lowest BCUT2D eigenvalue weighted by atomic mass is 9.86. The van der Waals surface area contributed by atoms with Crippen LogP contribution in [-0.4, -0.2) is 16.6 Å². The van der Waals surface area contributed by atoms with Gasteiger partial charge in [-0.3, -0.25) is 0 Å². The van der Waals surface area contributed by atoms with Crippen LogP contribution in [0.4, 0.5) is 0 Å². The van der Waals surface area contributed by atoms with E-state index in [-0.39, 0.29) is 0 Å². The quantitative estimate of drug-likeness (QED) is 0.778. The van der Waals surface area contributed by atoms with E-state index >= 15 is 0 Å². The summed E-state index contributed by atoms with van der Waals surface area (Å²) in [5, 5.41) is 0. The maximum Gasteiger partial charge on any atom is 0.216 e. The number of aromatic nitrogens is 2. The monoisotopic (exact) mass is 193 g/mol. The normalized spacial score (nSPS) is 16.4. The molecule has 1 aliphatic rings. The number of nitrogens with two attached hydrogens (primary N) is 1. The van der Waals surface area contributed by atoms with Crippen LogP contribution in [0.15, 0.2) is 12.4 Å². The first kappa shape index (κ1) is 9.40. The van der Waals surface area contributed by atoms with Crippen LogP contribution in [-0.2, 0) is 6.54 Å². The minimum Gasteiger partial charge on any atom is -0.477 e. The molecule has 4 nitrogen and oxygen atoms in total. The topological polar surface area (TPSA) is 61.0 Å². The van der Waals surface area contributed by atoms with Gasteiger partial charge in [-0.15, -0.1) is 0 Å². The second-order valence-electron chi connectivity index (χ2n) is 3.66. The molecular weight excluding hydrogens is 178 g/mol. The highest BCUT2D eigenvalue weighted by atomic mass is 16.5. The molecule has 1 aliphatic carbocycles. The summed E-state index contributed by atoms with van der Waals surface area (Å²) < 4.78 is 5.55. The third-order valence-corrected chi connectivity index (χ3v) is 2.60. The maximum absolute atomic E-state index is 5.55. The molecule has 0 radical (unpaired) electrons. The van der Waals surface area contributed by atoms with Crippen LogP contribution in [0.1, 0.15) is 25.0 Å². The maximum atomic E-state index is 5.55. The van der Waals surface area contributed by atoms with E-state index in [4.69, 9.17) is 10.5 Å². The van der Waals surface area contributed by atoms with Crippen LogP contribution >= 0.6 is 0 Å². The number of hydrogen-bond donors (Lipinski definition) is 1. The highest BCUT2D eigenvalue weighted by Crippen LogP contribution is 2.26. The van der Waals surface area contributed by atoms with Crippen LogP contribution < -0.4 is 10.5 Å². The number of rotatable bonds is 4. The zero-order chi connectivity index (χ0) is 9.80. The van der Waals surface area contributed by atoms with E-state index in [0.29, 0.717) is 12.4 Å². The number of ether oxygens (including phenoxy) is 1. The van der Waals surface area contributed by atoms with Crippen LogP contribution in [0.25, 0.3) is 0 Å². The molecule has 1 saturated carbocycles. The molecule has 0 saturated heterocycles. The van der Waals surface area contributed by atoms with Crippen LogP contribution in [0.3, 0.4) is 0 Å². The third kappa shape index (κ3) is 2.20. The van der Waals surface area contributed by atoms with Crippen molar-refractivity contribution in [3.8, 4) is 5.88 Å². The molecule has 1 heterocycles. The molecule has 1 aromatic heterocycles. The summed E-state index contributed by atoms with van der Waals surface area (Å²) in [4.78, 5) is 8.03. The van der Waals surface area contributed by atoms with Crippen LogP contribution in [0.5, 0.6) is 5.88 Å². The van der Waals surface area contributed by atoms with Crippen LogP contribution in [0, 0.1) is 5.92 Å². The summed E-state index contributed by atoms with van der Waals surface area (Å²) in [6, 6.07) is 1.80. The Balaban J connectivity index is 1.87. The molecular formula is C10H15N3O. The molecule has 0 spiro atoms. The van der Waals surface area contributed by atoms with Gasteiger partial charge in [0.2, 0.25) is 5.88 Å². The summed E-state index contributed by atoms with van der Waals surface area (Å²) >= 11 is 0. The van der Waals surface area contributed by atoms with Crippen molar-refractivity contribution in [1.29, 1.82) is 0 Å². The molecule has 76 valence electrons. The van der Waals surface area contributed by atoms with Gasteiger partial charge in [0.1, 0.15) is 6.33 Å². The Labute approximate surface area is 83.5 Å². The van der Waals surface area contributed by atoms with Crippen molar-refractivity contribution in [1.82, 2.24) is 9.97 Å². The Morgan fingerprint density at radius 2 is 2.29 bits per heavy atom. The fourth-order valence-corrected chi connectivity index (χ4v) is 1.43. The molecule has 2 N–H and O–H groups in total. The van der Waals surface area contributed by atoms with Crippen LogP contribution in [0.2, 0.25) is 0 Å². The van der Waals surface area contributed by atoms with Gasteiger partial charge in [0.15, 0.2) is 0 Å². The minimum atomic E-state index is 0.433. The van der Waals surface area contributed by atoms with Crippen molar-refractivity contribution in [2.45, 2.75) is 25.8 Å². The molecule has 0 bridgehead atoms. The van der Waals surface area contributed by atoms with Gasteiger partial charge >= 0.3 is 0 Å². The van der Waals surface area contributed by atoms with Gasteiger partial charge < -0.3 is 10.5 Å². The molecule has 1 fully saturated rings. The predicted octanol–water partition coefficient (Wildman–Crippen LogP) is 1.11. The third-order valence-electron chi connectivity index (χ3n) is 2.60. The first-order valence-electron chi connectivity index (χ1n) is 5.02. The van der Waals surface area contributed by atoms with E-state index in [0.717, 1.165) is 18.2 Å². The van der Waals surface area contributed by atoms with E-state index in [9.17, 15) is 0 Å². The Kier molecular flexibility index (Phi) is 2.93. The van der Waals surface area contributed by atoms with Gasteiger partial charge in [-0.1, -0.05) is 6.42 Å². The van der Waals surface area contributed by atoms with Crippen molar-refractivity contribution in [2.24, 2.45) is 11.7 Å². The highest BCUT2D eigenvalue weighted by molar-refractivity contribution is 5.13. The van der Waals surface area contributed by atoms with Gasteiger partial charge in [-0.05, 0) is 18.8 Å². The zero-order valence-electron chi connectivity index (χ0n) is 8.15. The molecule has 0 aromatic carbocycles. The fourth-order valence-electron chi connectivity index (χ4n) is 1.43. The van der Waals surface area contributed by atoms with E-state index in [2.05, 4.69) is 9.97 Å². The molecule has 0 aliphatic heterocycles. The van der Waals surface area contributed by atoms with Gasteiger partial charge in [0.25, 0.3) is 0 Å². The first-order valence-corrected chi connectivity index (χ1v) is 5.02. The van der Waals surface area contributed by atoms with E-state index in [1.54, 1.807) is 6.07 Å². The van der Waals surface area contributed by atoms with Crippen molar-refractivity contribution < 1.29 is 4.74 Å². The largest absolute Gasteiger partial charge is 0.477 e. The second-order valence-corrected chi connectivity index (χ2v) is 3.66. The van der Waals surface area contributed by atoms with Gasteiger partial charge in [0.05, 0.1) is 12.3 Å². The smallest absolute Gasteiger partial charge is 0.216 e. The standard InChI is InChI=1S/C10H15N3O/c11-5-9-4-10(13-7-12-9)14-6-8-2-1-3-8/h4,7-8H,1-3,5-6,11H2. The molecule has 0 unspecified atom stereocenters. The van der Waals surface area contributed by atoms with Crippen molar-refractivity contribution in [3.05, 3.63) is 18.1 Å². The molecule has 1 aromatic rings. The van der Waals surface area contributed by atoms with Gasteiger partial charge in [0, 0.05) is 12.6 Å². The average molecular weight is 193 g/mol. The molecule has 14 heavy (non-hydrogen) atoms. The molecule has 0 amide bonds. The highest BCUT2D eigenvalue weighted by Gasteiger charge is 2.18. The first-order chi connectivity index (χ1) is 6.88. The fraction of sp³-hybridized carbons (Fsp3) is 0.600. The average Bonchev–Trinajstić information content (AvgIpc) is 2.16. The second kappa shape index (κ2) is 4.37. The lowest BCUT2D eigenvalue weighted by Crippen LogP contribution is -2.19. The summed E-state index contributed by atoms with van der Waals surface area (Å²) in [6.45, 7) is 1.21. The Morgan fingerprint density at radius 1 is 1.43 bits per heavy atom. The van der Waals surface area contributed by atoms with E-state index in [1.807, 2.05) is 0 Å². The zero-order valence-corrected chi connectivity index (χ0v) is 8.15. The Hall–Kier alpha value is -1.16. The SMILES string of the molecule is NCc1cc(OCC2CCC2)ncn1. The summed E-state index contributed by atoms with van der Waals surface area (Å²) in [5.74, 6) is 1.37. The minimum absolute atomic E-state index is 0.433. The summed E-state index contributed by atoms with van der Waals surface area (Å²) in [5.41, 5.74) is 6.29. The van der Waals surface area contributed by atoms with Crippen molar-refractivity contribution in [2.75, 3.05) is 6.61 Å². The summed E-state index contributed by atoms with van der Waals surface area (Å²) in [7, 11) is 0. The summed E-state index contributed by atoms with van der Waals surface area (Å²) in [6.07, 6.45) is 5.41. The van der Waals surface area contributed by atoms with E-state index in [1.165, 1.54) is 25.6 Å². The Morgan fingerprint density at radius 3 is 2.93 bits per heavy atom. The number of nitrogens with zero attached hydrogens (tertiary/aromatic N) is 2. The van der Waals surface area contributed by atoms with Crippen molar-refractivity contribution >= 4 is 0 Å². The van der Waals surface area contributed by atoms with Gasteiger partial charge in [-0.2, -0.15) is 0 Å². The number of hydrogen-bond acceptors (Lipinski definition) is 4. The van der Waals surface area contributed by atoms with Gasteiger partial charge in [-0.25, -0.2) is 9.97 Å². The molecule has 4 heteroatoms. The molecule has 0 atom stereocenters. The van der Waals surface area contributed by atoms with E-state index < -0.39 is 0 Å².